The number of rotatable bonds is 3. The van der Waals surface area contributed by atoms with Gasteiger partial charge in [-0.25, -0.2) is 4.90 Å². The fraction of sp³-hybridized carbons (Fsp3) is 0.310. The molecule has 3 nitrogen and oxygen atoms in total. The fourth-order valence-electron chi connectivity index (χ4n) is 6.31. The summed E-state index contributed by atoms with van der Waals surface area (Å²) < 4.78 is 0. The third-order valence-corrected chi connectivity index (χ3v) is 8.00. The Morgan fingerprint density at radius 2 is 1.41 bits per heavy atom. The predicted molar refractivity (Wildman–Crippen MR) is 126 cm³/mol. The van der Waals surface area contributed by atoms with Crippen LogP contribution < -0.4 is 4.90 Å². The monoisotopic (exact) mass is 421 g/mol. The van der Waals surface area contributed by atoms with E-state index in [1.54, 1.807) is 0 Å². The first kappa shape index (κ1) is 19.5. The molecule has 3 aromatic carbocycles. The van der Waals surface area contributed by atoms with Crippen molar-refractivity contribution in [3.05, 3.63) is 100 Å². The van der Waals surface area contributed by atoms with Crippen LogP contribution in [0.4, 0.5) is 5.69 Å². The Hall–Kier alpha value is -3.20. The Balaban J connectivity index is 1.55. The molecule has 0 N–H and O–H groups in total. The third kappa shape index (κ3) is 2.48. The molecule has 0 radical (unpaired) electrons. The van der Waals surface area contributed by atoms with E-state index in [9.17, 15) is 9.59 Å². The minimum Gasteiger partial charge on any atom is -0.274 e. The van der Waals surface area contributed by atoms with E-state index in [1.807, 2.05) is 31.2 Å². The van der Waals surface area contributed by atoms with E-state index in [4.69, 9.17) is 0 Å². The average Bonchev–Trinajstić information content (AvgIpc) is 3.08. The molecule has 3 aromatic rings. The Morgan fingerprint density at radius 3 is 2.03 bits per heavy atom. The Morgan fingerprint density at radius 1 is 0.781 bits per heavy atom. The first-order chi connectivity index (χ1) is 15.5. The number of hydrogen-bond acceptors (Lipinski definition) is 2. The molecule has 0 unspecified atom stereocenters. The highest BCUT2D eigenvalue weighted by Crippen LogP contribution is 2.61. The molecule has 0 saturated carbocycles. The first-order valence-corrected chi connectivity index (χ1v) is 11.7. The molecule has 160 valence electrons. The Kier molecular flexibility index (Phi) is 4.20. The van der Waals surface area contributed by atoms with Crippen molar-refractivity contribution in [2.24, 2.45) is 11.8 Å². The van der Waals surface area contributed by atoms with E-state index >= 15 is 0 Å². The molecule has 5 atom stereocenters. The summed E-state index contributed by atoms with van der Waals surface area (Å²) in [5, 5.41) is 0. The number of hydrogen-bond donors (Lipinski definition) is 0. The first-order valence-electron chi connectivity index (χ1n) is 11.7. The zero-order valence-corrected chi connectivity index (χ0v) is 18.7. The molecule has 3 aliphatic carbocycles. The Labute approximate surface area is 189 Å². The highest BCUT2D eigenvalue weighted by molar-refractivity contribution is 6.23. The second kappa shape index (κ2) is 6.90. The van der Waals surface area contributed by atoms with Crippen LogP contribution in [0.25, 0.3) is 0 Å². The second-order valence-corrected chi connectivity index (χ2v) is 9.68. The van der Waals surface area contributed by atoms with Gasteiger partial charge in [-0.15, -0.1) is 0 Å². The minimum atomic E-state index is -0.331. The molecule has 1 fully saturated rings. The number of benzene rings is 3. The summed E-state index contributed by atoms with van der Waals surface area (Å²) in [7, 11) is 0. The molecule has 1 saturated heterocycles. The van der Waals surface area contributed by atoms with Crippen LogP contribution in [0.2, 0.25) is 0 Å². The average molecular weight is 422 g/mol. The number of anilines is 1. The molecule has 2 amide bonds. The van der Waals surface area contributed by atoms with E-state index in [2.05, 4.69) is 56.3 Å². The van der Waals surface area contributed by atoms with E-state index in [0.717, 1.165) is 12.0 Å². The summed E-state index contributed by atoms with van der Waals surface area (Å²) in [5.74, 6) is -0.412. The molecule has 0 spiro atoms. The molecule has 1 aliphatic heterocycles. The zero-order valence-electron chi connectivity index (χ0n) is 18.7. The smallest absolute Gasteiger partial charge is 0.238 e. The van der Waals surface area contributed by atoms with Crippen LogP contribution in [-0.4, -0.2) is 11.8 Å². The normalized spacial score (nSPS) is 26.0. The maximum atomic E-state index is 13.9. The van der Waals surface area contributed by atoms with Crippen molar-refractivity contribution >= 4 is 17.5 Å². The molecule has 7 rings (SSSR count). The number of imide groups is 1. The lowest BCUT2D eigenvalue weighted by atomic mass is 9.54. The van der Waals surface area contributed by atoms with Crippen molar-refractivity contribution in [3.8, 4) is 0 Å². The van der Waals surface area contributed by atoms with Crippen LogP contribution in [0.5, 0.6) is 0 Å². The maximum absolute atomic E-state index is 13.9. The highest BCUT2D eigenvalue weighted by atomic mass is 16.2. The van der Waals surface area contributed by atoms with Crippen LogP contribution in [0.1, 0.15) is 71.4 Å². The van der Waals surface area contributed by atoms with E-state index in [1.165, 1.54) is 32.7 Å². The topological polar surface area (TPSA) is 37.4 Å². The van der Waals surface area contributed by atoms with Crippen LogP contribution in [0.15, 0.2) is 66.7 Å². The minimum absolute atomic E-state index is 0.0466. The number of nitrogens with zero attached hydrogens (tertiary/aromatic N) is 1. The Bertz CT molecular complexity index is 1280. The van der Waals surface area contributed by atoms with Gasteiger partial charge in [0.05, 0.1) is 17.5 Å². The van der Waals surface area contributed by atoms with Crippen molar-refractivity contribution in [2.45, 2.75) is 44.9 Å². The lowest BCUT2D eigenvalue weighted by molar-refractivity contribution is -0.122. The van der Waals surface area contributed by atoms with Gasteiger partial charge in [0.25, 0.3) is 0 Å². The zero-order chi connectivity index (χ0) is 22.1. The van der Waals surface area contributed by atoms with Gasteiger partial charge in [0, 0.05) is 11.8 Å². The lowest BCUT2D eigenvalue weighted by Gasteiger charge is -2.46. The van der Waals surface area contributed by atoms with Gasteiger partial charge in [-0.05, 0) is 64.8 Å². The van der Waals surface area contributed by atoms with Crippen molar-refractivity contribution in [3.63, 3.8) is 0 Å². The van der Waals surface area contributed by atoms with E-state index in [-0.39, 0.29) is 35.5 Å². The quantitative estimate of drug-likeness (QED) is 0.493. The number of carbonyl (C=O) groups is 2. The third-order valence-electron chi connectivity index (χ3n) is 8.00. The van der Waals surface area contributed by atoms with Gasteiger partial charge in [0.2, 0.25) is 11.8 Å². The molecular formula is C29H27NO2. The summed E-state index contributed by atoms with van der Waals surface area (Å²) >= 11 is 0. The maximum Gasteiger partial charge on any atom is 0.238 e. The second-order valence-electron chi connectivity index (χ2n) is 9.68. The van der Waals surface area contributed by atoms with Gasteiger partial charge in [0.1, 0.15) is 0 Å². The molecule has 3 heteroatoms. The van der Waals surface area contributed by atoms with Gasteiger partial charge in [-0.1, -0.05) is 68.4 Å². The lowest BCUT2D eigenvalue weighted by Crippen LogP contribution is -2.41. The van der Waals surface area contributed by atoms with Crippen LogP contribution in [0, 0.1) is 18.8 Å². The van der Waals surface area contributed by atoms with Crippen LogP contribution >= 0.6 is 0 Å². The van der Waals surface area contributed by atoms with Crippen molar-refractivity contribution < 1.29 is 9.59 Å². The van der Waals surface area contributed by atoms with Gasteiger partial charge in [-0.3, -0.25) is 9.59 Å². The largest absolute Gasteiger partial charge is 0.274 e. The van der Waals surface area contributed by atoms with E-state index in [0.29, 0.717) is 11.6 Å². The van der Waals surface area contributed by atoms with Gasteiger partial charge in [-0.2, -0.15) is 0 Å². The number of amides is 2. The predicted octanol–water partition coefficient (Wildman–Crippen LogP) is 5.91. The summed E-state index contributed by atoms with van der Waals surface area (Å²) in [5.41, 5.74) is 7.98. The molecule has 1 heterocycles. The summed E-state index contributed by atoms with van der Waals surface area (Å²) in [6.07, 6.45) is 1.08. The van der Waals surface area contributed by atoms with Crippen LogP contribution in [0.3, 0.4) is 0 Å². The fourth-order valence-corrected chi connectivity index (χ4v) is 6.31. The van der Waals surface area contributed by atoms with Crippen molar-refractivity contribution in [2.75, 3.05) is 4.90 Å². The van der Waals surface area contributed by atoms with Gasteiger partial charge in [0.15, 0.2) is 0 Å². The molecular weight excluding hydrogens is 394 g/mol. The van der Waals surface area contributed by atoms with Crippen molar-refractivity contribution in [1.82, 2.24) is 0 Å². The van der Waals surface area contributed by atoms with E-state index < -0.39 is 0 Å². The standard InChI is InChI=1S/C29H27NO2/c1-4-17(3)18-12-13-22-23(15-18)25-21-11-6-5-10-20(21)24(22)26-27(25)29(32)30(28(26)31)19-9-7-8-16(2)14-19/h5-15,17,24-27H,4H2,1-3H3/t17-,24-,25-,26-,27+/m0/s1. The number of aryl methyl sites for hydroxylation is 1. The summed E-state index contributed by atoms with van der Waals surface area (Å²) in [6.45, 7) is 6.46. The summed E-state index contributed by atoms with van der Waals surface area (Å²) in [6, 6.07) is 22.9. The van der Waals surface area contributed by atoms with Gasteiger partial charge < -0.3 is 0 Å². The molecule has 0 aromatic heterocycles. The molecule has 2 bridgehead atoms. The van der Waals surface area contributed by atoms with Gasteiger partial charge >= 0.3 is 0 Å². The SMILES string of the molecule is CC[C@H](C)c1ccc2c(c1)[C@@H]1c3ccccc3[C@@H]2[C@@H]2C(=O)N(c3cccc(C)c3)C(=O)[C@H]12. The summed E-state index contributed by atoms with van der Waals surface area (Å²) in [4.78, 5) is 29.1. The molecule has 4 aliphatic rings. The number of carbonyl (C=O) groups excluding carboxylic acids is 2. The molecule has 32 heavy (non-hydrogen) atoms. The van der Waals surface area contributed by atoms with Crippen molar-refractivity contribution in [1.29, 1.82) is 0 Å². The van der Waals surface area contributed by atoms with Crippen LogP contribution in [-0.2, 0) is 9.59 Å². The highest BCUT2D eigenvalue weighted by Gasteiger charge is 2.61.